The SMILES string of the molecule is O=C(O)Cn1ccc(NC(=O)CCCOc2ccccc2Cl)n1. The number of carboxylic acids is 1. The minimum absolute atomic E-state index is 0.215. The van der Waals surface area contributed by atoms with Crippen molar-refractivity contribution >= 4 is 29.3 Å². The van der Waals surface area contributed by atoms with Gasteiger partial charge in [0.2, 0.25) is 5.91 Å². The van der Waals surface area contributed by atoms with Crippen LogP contribution in [-0.4, -0.2) is 33.4 Å². The molecule has 0 aliphatic carbocycles. The van der Waals surface area contributed by atoms with Crippen LogP contribution in [0.15, 0.2) is 36.5 Å². The molecular formula is C15H16ClN3O4. The number of amides is 1. The number of carbonyl (C=O) groups is 2. The zero-order valence-electron chi connectivity index (χ0n) is 12.2. The Labute approximate surface area is 137 Å². The number of ether oxygens (including phenoxy) is 1. The summed E-state index contributed by atoms with van der Waals surface area (Å²) >= 11 is 5.95. The molecule has 1 amide bonds. The van der Waals surface area contributed by atoms with Crippen molar-refractivity contribution in [1.29, 1.82) is 0 Å². The molecule has 23 heavy (non-hydrogen) atoms. The van der Waals surface area contributed by atoms with Crippen LogP contribution in [0.3, 0.4) is 0 Å². The van der Waals surface area contributed by atoms with Crippen LogP contribution in [0.25, 0.3) is 0 Å². The normalized spacial score (nSPS) is 10.3. The number of carboxylic acid groups (broad SMARTS) is 1. The van der Waals surface area contributed by atoms with E-state index in [-0.39, 0.29) is 18.9 Å². The smallest absolute Gasteiger partial charge is 0.325 e. The van der Waals surface area contributed by atoms with Crippen LogP contribution in [0.5, 0.6) is 5.75 Å². The molecule has 0 saturated carbocycles. The van der Waals surface area contributed by atoms with Gasteiger partial charge in [0.25, 0.3) is 0 Å². The van der Waals surface area contributed by atoms with E-state index in [1.54, 1.807) is 18.2 Å². The van der Waals surface area contributed by atoms with Crippen molar-refractivity contribution in [2.45, 2.75) is 19.4 Å². The van der Waals surface area contributed by atoms with E-state index in [1.807, 2.05) is 12.1 Å². The summed E-state index contributed by atoms with van der Waals surface area (Å²) in [5.41, 5.74) is 0. The van der Waals surface area contributed by atoms with Crippen LogP contribution in [0, 0.1) is 0 Å². The third kappa shape index (κ3) is 5.63. The van der Waals surface area contributed by atoms with Crippen molar-refractivity contribution < 1.29 is 19.4 Å². The Morgan fingerprint density at radius 3 is 2.83 bits per heavy atom. The predicted octanol–water partition coefficient (Wildman–Crippen LogP) is 2.42. The Kier molecular flexibility index (Phi) is 5.99. The lowest BCUT2D eigenvalue weighted by molar-refractivity contribution is -0.137. The van der Waals surface area contributed by atoms with Gasteiger partial charge in [0.1, 0.15) is 12.3 Å². The molecule has 2 N–H and O–H groups in total. The van der Waals surface area contributed by atoms with E-state index in [4.69, 9.17) is 21.4 Å². The van der Waals surface area contributed by atoms with E-state index in [0.717, 1.165) is 0 Å². The van der Waals surface area contributed by atoms with Gasteiger partial charge < -0.3 is 15.2 Å². The number of rotatable bonds is 8. The summed E-state index contributed by atoms with van der Waals surface area (Å²) in [5.74, 6) is -0.304. The molecule has 0 spiro atoms. The Morgan fingerprint density at radius 1 is 1.30 bits per heavy atom. The second kappa shape index (κ2) is 8.19. The first-order valence-corrected chi connectivity index (χ1v) is 7.35. The molecule has 2 aromatic rings. The van der Waals surface area contributed by atoms with Crippen LogP contribution in [0.1, 0.15) is 12.8 Å². The highest BCUT2D eigenvalue weighted by Crippen LogP contribution is 2.23. The molecular weight excluding hydrogens is 322 g/mol. The van der Waals surface area contributed by atoms with Crippen molar-refractivity contribution in [2.75, 3.05) is 11.9 Å². The van der Waals surface area contributed by atoms with Gasteiger partial charge in [-0.3, -0.25) is 14.3 Å². The molecule has 1 aromatic carbocycles. The summed E-state index contributed by atoms with van der Waals surface area (Å²) in [5, 5.41) is 15.7. The van der Waals surface area contributed by atoms with Gasteiger partial charge in [0.15, 0.2) is 5.82 Å². The van der Waals surface area contributed by atoms with Crippen LogP contribution in [-0.2, 0) is 16.1 Å². The third-order valence-electron chi connectivity index (χ3n) is 2.85. The second-order valence-electron chi connectivity index (χ2n) is 4.72. The summed E-state index contributed by atoms with van der Waals surface area (Å²) in [6, 6.07) is 8.67. The number of carbonyl (C=O) groups excluding carboxylic acids is 1. The van der Waals surface area contributed by atoms with Crippen molar-refractivity contribution in [3.05, 3.63) is 41.6 Å². The molecule has 0 radical (unpaired) electrons. The summed E-state index contributed by atoms with van der Waals surface area (Å²) in [4.78, 5) is 22.3. The number of aliphatic carboxylic acids is 1. The molecule has 122 valence electrons. The lowest BCUT2D eigenvalue weighted by Gasteiger charge is -2.07. The summed E-state index contributed by atoms with van der Waals surface area (Å²) in [6.45, 7) is 0.117. The predicted molar refractivity (Wildman–Crippen MR) is 84.7 cm³/mol. The van der Waals surface area contributed by atoms with Crippen molar-refractivity contribution in [3.63, 3.8) is 0 Å². The van der Waals surface area contributed by atoms with Crippen LogP contribution < -0.4 is 10.1 Å². The molecule has 0 atom stereocenters. The molecule has 7 nitrogen and oxygen atoms in total. The average molecular weight is 338 g/mol. The van der Waals surface area contributed by atoms with Gasteiger partial charge in [-0.2, -0.15) is 5.10 Å². The second-order valence-corrected chi connectivity index (χ2v) is 5.13. The maximum absolute atomic E-state index is 11.8. The first-order valence-electron chi connectivity index (χ1n) is 6.97. The van der Waals surface area contributed by atoms with E-state index in [0.29, 0.717) is 29.6 Å². The Balaban J connectivity index is 1.70. The topological polar surface area (TPSA) is 93.5 Å². The largest absolute Gasteiger partial charge is 0.492 e. The molecule has 2 rings (SSSR count). The zero-order valence-corrected chi connectivity index (χ0v) is 13.0. The standard InChI is InChI=1S/C15H16ClN3O4/c16-11-4-1-2-5-12(11)23-9-3-6-14(20)17-13-7-8-19(18-13)10-15(21)22/h1-2,4-5,7-8H,3,6,9-10H2,(H,21,22)(H,17,18,20). The van der Waals surface area contributed by atoms with E-state index >= 15 is 0 Å². The molecule has 8 heteroatoms. The van der Waals surface area contributed by atoms with Crippen LogP contribution in [0.4, 0.5) is 5.82 Å². The van der Waals surface area contributed by atoms with Gasteiger partial charge in [-0.05, 0) is 18.6 Å². The van der Waals surface area contributed by atoms with E-state index in [2.05, 4.69) is 10.4 Å². The maximum Gasteiger partial charge on any atom is 0.325 e. The molecule has 0 unspecified atom stereocenters. The number of halogens is 1. The van der Waals surface area contributed by atoms with Crippen molar-refractivity contribution in [3.8, 4) is 5.75 Å². The first kappa shape index (κ1) is 16.8. The van der Waals surface area contributed by atoms with E-state index in [1.165, 1.54) is 10.9 Å². The molecule has 0 saturated heterocycles. The fourth-order valence-corrected chi connectivity index (χ4v) is 2.03. The van der Waals surface area contributed by atoms with Gasteiger partial charge >= 0.3 is 5.97 Å². The van der Waals surface area contributed by atoms with E-state index < -0.39 is 5.97 Å². The average Bonchev–Trinajstić information content (AvgIpc) is 2.91. The number of hydrogen-bond donors (Lipinski definition) is 2. The molecule has 0 fully saturated rings. The zero-order chi connectivity index (χ0) is 16.7. The van der Waals surface area contributed by atoms with Crippen LogP contribution in [0.2, 0.25) is 5.02 Å². The number of hydrogen-bond acceptors (Lipinski definition) is 4. The summed E-state index contributed by atoms with van der Waals surface area (Å²) < 4.78 is 6.72. The van der Waals surface area contributed by atoms with Gasteiger partial charge in [-0.15, -0.1) is 0 Å². The Bertz CT molecular complexity index is 687. The number of para-hydroxylation sites is 1. The van der Waals surface area contributed by atoms with Gasteiger partial charge in [0.05, 0.1) is 11.6 Å². The fraction of sp³-hybridized carbons (Fsp3) is 0.267. The maximum atomic E-state index is 11.8. The number of nitrogens with zero attached hydrogens (tertiary/aromatic N) is 2. The number of anilines is 1. The molecule has 1 heterocycles. The van der Waals surface area contributed by atoms with Crippen molar-refractivity contribution in [1.82, 2.24) is 9.78 Å². The molecule has 0 bridgehead atoms. The lowest BCUT2D eigenvalue weighted by atomic mass is 10.3. The number of nitrogens with one attached hydrogen (secondary N) is 1. The van der Waals surface area contributed by atoms with Gasteiger partial charge in [-0.1, -0.05) is 23.7 Å². The third-order valence-corrected chi connectivity index (χ3v) is 3.16. The highest BCUT2D eigenvalue weighted by atomic mass is 35.5. The number of aromatic nitrogens is 2. The quantitative estimate of drug-likeness (QED) is 0.721. The van der Waals surface area contributed by atoms with Gasteiger partial charge in [-0.25, -0.2) is 0 Å². The Morgan fingerprint density at radius 2 is 2.09 bits per heavy atom. The highest BCUT2D eigenvalue weighted by Gasteiger charge is 2.07. The highest BCUT2D eigenvalue weighted by molar-refractivity contribution is 6.32. The molecule has 0 aliphatic heterocycles. The molecule has 0 aliphatic rings. The summed E-state index contributed by atoms with van der Waals surface area (Å²) in [6.07, 6.45) is 2.27. The van der Waals surface area contributed by atoms with Crippen LogP contribution >= 0.6 is 11.6 Å². The summed E-state index contributed by atoms with van der Waals surface area (Å²) in [7, 11) is 0. The Hall–Kier alpha value is -2.54. The van der Waals surface area contributed by atoms with Gasteiger partial charge in [0, 0.05) is 18.7 Å². The van der Waals surface area contributed by atoms with E-state index in [9.17, 15) is 9.59 Å². The minimum Gasteiger partial charge on any atom is -0.492 e. The molecule has 1 aromatic heterocycles. The fourth-order valence-electron chi connectivity index (χ4n) is 1.84. The minimum atomic E-state index is -0.998. The monoisotopic (exact) mass is 337 g/mol. The number of benzene rings is 1. The lowest BCUT2D eigenvalue weighted by Crippen LogP contribution is -2.14. The first-order chi connectivity index (χ1) is 11.0. The van der Waals surface area contributed by atoms with Crippen molar-refractivity contribution in [2.24, 2.45) is 0 Å².